The molecule has 2 N–H and O–H groups in total. The van der Waals surface area contributed by atoms with E-state index >= 15 is 0 Å². The Labute approximate surface area is 136 Å². The molecule has 0 aliphatic rings. The molecule has 0 atom stereocenters. The molecule has 0 saturated carbocycles. The number of guanidine groups is 1. The number of aryl methyl sites for hydroxylation is 1. The van der Waals surface area contributed by atoms with Crippen molar-refractivity contribution >= 4 is 5.96 Å². The van der Waals surface area contributed by atoms with Gasteiger partial charge >= 0.3 is 0 Å². The number of aliphatic imine (C=N–C) groups is 1. The Balaban J connectivity index is 1.64. The lowest BCUT2D eigenvalue weighted by Crippen LogP contribution is -2.37. The van der Waals surface area contributed by atoms with Crippen LogP contribution >= 0.6 is 0 Å². The normalized spacial score (nSPS) is 11.3. The molecule has 0 amide bonds. The van der Waals surface area contributed by atoms with Gasteiger partial charge in [-0.1, -0.05) is 12.1 Å². The fourth-order valence-corrected chi connectivity index (χ4v) is 2.16. The molecule has 6 nitrogen and oxygen atoms in total. The van der Waals surface area contributed by atoms with E-state index in [-0.39, 0.29) is 5.56 Å². The van der Waals surface area contributed by atoms with E-state index in [1.807, 2.05) is 30.5 Å². The Morgan fingerprint density at radius 2 is 2.04 bits per heavy atom. The summed E-state index contributed by atoms with van der Waals surface area (Å²) in [7, 11) is 1.75. The van der Waals surface area contributed by atoms with E-state index in [1.165, 1.54) is 0 Å². The first-order valence-corrected chi connectivity index (χ1v) is 7.79. The number of hydrogen-bond donors (Lipinski definition) is 2. The highest BCUT2D eigenvalue weighted by atomic mass is 16.1. The molecule has 6 heteroatoms. The van der Waals surface area contributed by atoms with Gasteiger partial charge in [0.15, 0.2) is 5.96 Å². The van der Waals surface area contributed by atoms with E-state index in [0.29, 0.717) is 6.54 Å². The third kappa shape index (κ3) is 5.94. The Hall–Kier alpha value is -2.63. The SMILES string of the molecule is CN=C(NCCCCn1ccccc1=O)NCc1ccccn1. The average Bonchev–Trinajstić information content (AvgIpc) is 2.59. The molecular formula is C17H23N5O. The quantitative estimate of drug-likeness (QED) is 0.460. The molecule has 0 radical (unpaired) electrons. The standard InChI is InChI=1S/C17H23N5O/c1-18-17(21-14-15-8-2-4-10-19-15)20-11-5-7-13-22-12-6-3-9-16(22)23/h2-4,6,8-10,12H,5,7,11,13-14H2,1H3,(H2,18,20,21). The molecule has 2 heterocycles. The Morgan fingerprint density at radius 3 is 2.78 bits per heavy atom. The third-order valence-electron chi connectivity index (χ3n) is 3.40. The Bertz CT molecular complexity index is 666. The summed E-state index contributed by atoms with van der Waals surface area (Å²) in [6.07, 6.45) is 5.50. The van der Waals surface area contributed by atoms with Crippen molar-refractivity contribution in [3.05, 3.63) is 64.8 Å². The lowest BCUT2D eigenvalue weighted by molar-refractivity contribution is 0.585. The molecular weight excluding hydrogens is 290 g/mol. The molecule has 0 unspecified atom stereocenters. The fourth-order valence-electron chi connectivity index (χ4n) is 2.16. The van der Waals surface area contributed by atoms with Gasteiger partial charge in [-0.2, -0.15) is 0 Å². The minimum Gasteiger partial charge on any atom is -0.356 e. The second-order valence-corrected chi connectivity index (χ2v) is 5.11. The summed E-state index contributed by atoms with van der Waals surface area (Å²) < 4.78 is 1.73. The van der Waals surface area contributed by atoms with Crippen molar-refractivity contribution in [1.29, 1.82) is 0 Å². The van der Waals surface area contributed by atoms with Crippen LogP contribution in [0.2, 0.25) is 0 Å². The topological polar surface area (TPSA) is 71.3 Å². The van der Waals surface area contributed by atoms with Crippen LogP contribution in [0.25, 0.3) is 0 Å². The van der Waals surface area contributed by atoms with Crippen molar-refractivity contribution in [3.8, 4) is 0 Å². The highest BCUT2D eigenvalue weighted by Gasteiger charge is 1.99. The van der Waals surface area contributed by atoms with Crippen LogP contribution in [0.4, 0.5) is 0 Å². The molecule has 23 heavy (non-hydrogen) atoms. The predicted molar refractivity (Wildman–Crippen MR) is 92.4 cm³/mol. The van der Waals surface area contributed by atoms with Gasteiger partial charge in [-0.05, 0) is 31.0 Å². The summed E-state index contributed by atoms with van der Waals surface area (Å²) in [6.45, 7) is 2.19. The van der Waals surface area contributed by atoms with Crippen molar-refractivity contribution in [2.45, 2.75) is 25.9 Å². The fraction of sp³-hybridized carbons (Fsp3) is 0.353. The minimum atomic E-state index is 0.0493. The van der Waals surface area contributed by atoms with Crippen LogP contribution < -0.4 is 16.2 Å². The van der Waals surface area contributed by atoms with Gasteiger partial charge in [0, 0.05) is 38.6 Å². The zero-order valence-corrected chi connectivity index (χ0v) is 13.4. The first kappa shape index (κ1) is 16.7. The molecule has 0 aromatic carbocycles. The highest BCUT2D eigenvalue weighted by Crippen LogP contribution is 1.93. The van der Waals surface area contributed by atoms with Crippen LogP contribution in [0.5, 0.6) is 0 Å². The van der Waals surface area contributed by atoms with Gasteiger partial charge < -0.3 is 15.2 Å². The first-order valence-electron chi connectivity index (χ1n) is 7.79. The Kier molecular flexibility index (Phi) is 6.84. The van der Waals surface area contributed by atoms with Gasteiger partial charge in [0.2, 0.25) is 5.56 Å². The maximum atomic E-state index is 11.6. The number of unbranched alkanes of at least 4 members (excludes halogenated alkanes) is 1. The van der Waals surface area contributed by atoms with Gasteiger partial charge in [-0.25, -0.2) is 0 Å². The lowest BCUT2D eigenvalue weighted by Gasteiger charge is -2.11. The number of nitrogens with one attached hydrogen (secondary N) is 2. The average molecular weight is 313 g/mol. The van der Waals surface area contributed by atoms with Gasteiger partial charge in [0.05, 0.1) is 12.2 Å². The van der Waals surface area contributed by atoms with Gasteiger partial charge in [0.1, 0.15) is 0 Å². The van der Waals surface area contributed by atoms with E-state index < -0.39 is 0 Å². The molecule has 122 valence electrons. The van der Waals surface area contributed by atoms with Gasteiger partial charge in [0.25, 0.3) is 0 Å². The summed E-state index contributed by atoms with van der Waals surface area (Å²) in [4.78, 5) is 20.0. The molecule has 0 saturated heterocycles. The molecule has 0 aliphatic carbocycles. The van der Waals surface area contributed by atoms with Crippen molar-refractivity contribution in [1.82, 2.24) is 20.2 Å². The zero-order chi connectivity index (χ0) is 16.3. The van der Waals surface area contributed by atoms with Crippen molar-refractivity contribution in [2.24, 2.45) is 4.99 Å². The van der Waals surface area contributed by atoms with Gasteiger partial charge in [-0.15, -0.1) is 0 Å². The first-order chi connectivity index (χ1) is 11.3. The molecule has 2 aromatic heterocycles. The van der Waals surface area contributed by atoms with Crippen LogP contribution in [0, 0.1) is 0 Å². The van der Waals surface area contributed by atoms with Crippen LogP contribution in [0.1, 0.15) is 18.5 Å². The van der Waals surface area contributed by atoms with Crippen LogP contribution in [0.3, 0.4) is 0 Å². The van der Waals surface area contributed by atoms with Crippen molar-refractivity contribution in [3.63, 3.8) is 0 Å². The zero-order valence-electron chi connectivity index (χ0n) is 13.4. The van der Waals surface area contributed by atoms with E-state index in [9.17, 15) is 4.79 Å². The van der Waals surface area contributed by atoms with Crippen molar-refractivity contribution in [2.75, 3.05) is 13.6 Å². The highest BCUT2D eigenvalue weighted by molar-refractivity contribution is 5.79. The smallest absolute Gasteiger partial charge is 0.250 e. The van der Waals surface area contributed by atoms with E-state index in [2.05, 4.69) is 20.6 Å². The third-order valence-corrected chi connectivity index (χ3v) is 3.40. The summed E-state index contributed by atoms with van der Waals surface area (Å²) in [5.74, 6) is 0.757. The number of aromatic nitrogens is 2. The maximum absolute atomic E-state index is 11.6. The number of rotatable bonds is 7. The molecule has 2 rings (SSSR count). The lowest BCUT2D eigenvalue weighted by atomic mass is 10.3. The van der Waals surface area contributed by atoms with E-state index in [0.717, 1.165) is 37.6 Å². The summed E-state index contributed by atoms with van der Waals surface area (Å²) >= 11 is 0. The van der Waals surface area contributed by atoms with Crippen LogP contribution in [-0.2, 0) is 13.1 Å². The number of pyridine rings is 2. The van der Waals surface area contributed by atoms with Crippen molar-refractivity contribution < 1.29 is 0 Å². The maximum Gasteiger partial charge on any atom is 0.250 e. The van der Waals surface area contributed by atoms with E-state index in [1.54, 1.807) is 29.9 Å². The summed E-state index contributed by atoms with van der Waals surface area (Å²) in [5.41, 5.74) is 1.02. The predicted octanol–water partition coefficient (Wildman–Crippen LogP) is 1.39. The largest absolute Gasteiger partial charge is 0.356 e. The van der Waals surface area contributed by atoms with Crippen LogP contribution in [0.15, 0.2) is 58.6 Å². The second kappa shape index (κ2) is 9.40. The number of hydrogen-bond acceptors (Lipinski definition) is 3. The summed E-state index contributed by atoms with van der Waals surface area (Å²) in [6, 6.07) is 11.1. The Morgan fingerprint density at radius 1 is 1.17 bits per heavy atom. The molecule has 0 spiro atoms. The monoisotopic (exact) mass is 313 g/mol. The van der Waals surface area contributed by atoms with Crippen LogP contribution in [-0.4, -0.2) is 29.1 Å². The summed E-state index contributed by atoms with van der Waals surface area (Å²) in [5, 5.41) is 6.49. The molecule has 0 aliphatic heterocycles. The van der Waals surface area contributed by atoms with E-state index in [4.69, 9.17) is 0 Å². The molecule has 0 bridgehead atoms. The minimum absolute atomic E-state index is 0.0493. The molecule has 0 fully saturated rings. The van der Waals surface area contributed by atoms with Gasteiger partial charge in [-0.3, -0.25) is 14.8 Å². The number of nitrogens with zero attached hydrogens (tertiary/aromatic N) is 3. The second-order valence-electron chi connectivity index (χ2n) is 5.11. The molecule has 2 aromatic rings.